The van der Waals surface area contributed by atoms with E-state index in [2.05, 4.69) is 0 Å². The quantitative estimate of drug-likeness (QED) is 0.644. The predicted octanol–water partition coefficient (Wildman–Crippen LogP) is 2.27. The zero-order chi connectivity index (χ0) is 12.0. The van der Waals surface area contributed by atoms with Gasteiger partial charge in [-0.3, -0.25) is 4.79 Å². The van der Waals surface area contributed by atoms with E-state index in [9.17, 15) is 9.90 Å². The standard InChI is InChI=1S/C13H22O3/c1-9-11(14)16-10-7-5-4-6-8-13(9,15)12(10,2)3/h9-10,15H,4-8H2,1-3H3/t9-,10-,13+/m0/s1. The molecule has 0 unspecified atom stereocenters. The van der Waals surface area contributed by atoms with Crippen LogP contribution in [0.4, 0.5) is 0 Å². The first-order valence-corrected chi connectivity index (χ1v) is 6.32. The largest absolute Gasteiger partial charge is 0.461 e. The molecule has 0 aromatic heterocycles. The molecular formula is C13H22O3. The SMILES string of the molecule is C[C@H]1C(=O)O[C@H]2CCCCC[C@]1(O)C2(C)C. The van der Waals surface area contributed by atoms with E-state index in [0.717, 1.165) is 25.7 Å². The Morgan fingerprint density at radius 2 is 2.00 bits per heavy atom. The summed E-state index contributed by atoms with van der Waals surface area (Å²) in [6.45, 7) is 5.86. The van der Waals surface area contributed by atoms with E-state index >= 15 is 0 Å². The molecule has 3 heteroatoms. The number of carbonyl (C=O) groups excluding carboxylic acids is 1. The van der Waals surface area contributed by atoms with E-state index in [1.807, 2.05) is 13.8 Å². The number of ether oxygens (including phenoxy) is 1. The van der Waals surface area contributed by atoms with Crippen LogP contribution in [0.15, 0.2) is 0 Å². The maximum absolute atomic E-state index is 11.8. The lowest BCUT2D eigenvalue weighted by molar-refractivity contribution is -0.230. The van der Waals surface area contributed by atoms with Gasteiger partial charge in [0.1, 0.15) is 6.10 Å². The molecule has 1 saturated carbocycles. The third-order valence-corrected chi connectivity index (χ3v) is 4.77. The first-order chi connectivity index (χ1) is 7.39. The Bertz CT molecular complexity index is 298. The lowest BCUT2D eigenvalue weighted by atomic mass is 9.60. The summed E-state index contributed by atoms with van der Waals surface area (Å²) in [4.78, 5) is 11.8. The average Bonchev–Trinajstić information content (AvgIpc) is 2.22. The van der Waals surface area contributed by atoms with E-state index in [1.165, 1.54) is 0 Å². The number of hydrogen-bond donors (Lipinski definition) is 1. The number of hydrogen-bond acceptors (Lipinski definition) is 3. The maximum atomic E-state index is 11.8. The van der Waals surface area contributed by atoms with Gasteiger partial charge in [0.05, 0.1) is 11.5 Å². The van der Waals surface area contributed by atoms with Crippen molar-refractivity contribution in [1.29, 1.82) is 0 Å². The first-order valence-electron chi connectivity index (χ1n) is 6.32. The highest BCUT2D eigenvalue weighted by Crippen LogP contribution is 2.50. The van der Waals surface area contributed by atoms with Gasteiger partial charge >= 0.3 is 5.97 Å². The molecule has 2 aliphatic rings. The Morgan fingerprint density at radius 3 is 2.69 bits per heavy atom. The van der Waals surface area contributed by atoms with Crippen LogP contribution in [0, 0.1) is 11.3 Å². The molecule has 1 saturated heterocycles. The molecule has 1 heterocycles. The highest BCUT2D eigenvalue weighted by atomic mass is 16.6. The number of carbonyl (C=O) groups is 1. The third kappa shape index (κ3) is 1.48. The predicted molar refractivity (Wildman–Crippen MR) is 60.9 cm³/mol. The molecule has 0 amide bonds. The molecule has 0 radical (unpaired) electrons. The van der Waals surface area contributed by atoms with Crippen LogP contribution < -0.4 is 0 Å². The van der Waals surface area contributed by atoms with E-state index in [0.29, 0.717) is 6.42 Å². The van der Waals surface area contributed by atoms with Gasteiger partial charge in [0.25, 0.3) is 0 Å². The van der Waals surface area contributed by atoms with Gasteiger partial charge in [0, 0.05) is 5.41 Å². The molecule has 0 aromatic carbocycles. The van der Waals surface area contributed by atoms with E-state index in [1.54, 1.807) is 6.92 Å². The zero-order valence-electron chi connectivity index (χ0n) is 10.5. The maximum Gasteiger partial charge on any atom is 0.311 e. The smallest absolute Gasteiger partial charge is 0.311 e. The molecule has 2 rings (SSSR count). The van der Waals surface area contributed by atoms with Gasteiger partial charge in [-0.15, -0.1) is 0 Å². The van der Waals surface area contributed by atoms with Crippen molar-refractivity contribution in [2.24, 2.45) is 11.3 Å². The molecule has 1 aliphatic carbocycles. The van der Waals surface area contributed by atoms with Crippen LogP contribution in [0.25, 0.3) is 0 Å². The van der Waals surface area contributed by atoms with Crippen molar-refractivity contribution >= 4 is 5.97 Å². The number of aliphatic hydroxyl groups is 1. The van der Waals surface area contributed by atoms with Gasteiger partial charge in [-0.1, -0.05) is 26.7 Å². The Hall–Kier alpha value is -0.570. The summed E-state index contributed by atoms with van der Waals surface area (Å²) in [5.74, 6) is -0.634. The van der Waals surface area contributed by atoms with Crippen molar-refractivity contribution in [3.05, 3.63) is 0 Å². The summed E-state index contributed by atoms with van der Waals surface area (Å²) < 4.78 is 5.49. The molecule has 1 N–H and O–H groups in total. The molecular weight excluding hydrogens is 204 g/mol. The number of fused-ring (bicyclic) bond motifs is 2. The molecule has 3 atom stereocenters. The molecule has 2 bridgehead atoms. The van der Waals surface area contributed by atoms with Gasteiger partial charge in [-0.2, -0.15) is 0 Å². The van der Waals surface area contributed by atoms with Crippen LogP contribution in [-0.4, -0.2) is 22.8 Å². The van der Waals surface area contributed by atoms with Crippen LogP contribution in [0.5, 0.6) is 0 Å². The van der Waals surface area contributed by atoms with E-state index in [4.69, 9.17) is 4.74 Å². The molecule has 16 heavy (non-hydrogen) atoms. The van der Waals surface area contributed by atoms with Crippen LogP contribution >= 0.6 is 0 Å². The fourth-order valence-corrected chi connectivity index (χ4v) is 3.28. The van der Waals surface area contributed by atoms with Gasteiger partial charge in [0.15, 0.2) is 0 Å². The van der Waals surface area contributed by atoms with Crippen molar-refractivity contribution < 1.29 is 14.6 Å². The summed E-state index contributed by atoms with van der Waals surface area (Å²) in [5.41, 5.74) is -1.23. The lowest BCUT2D eigenvalue weighted by Gasteiger charge is -2.54. The highest BCUT2D eigenvalue weighted by Gasteiger charge is 2.58. The number of rotatable bonds is 0. The number of esters is 1. The first kappa shape index (κ1) is 11.9. The Morgan fingerprint density at radius 1 is 1.31 bits per heavy atom. The van der Waals surface area contributed by atoms with Gasteiger partial charge in [-0.05, 0) is 26.2 Å². The average molecular weight is 226 g/mol. The fourth-order valence-electron chi connectivity index (χ4n) is 3.28. The van der Waals surface area contributed by atoms with E-state index in [-0.39, 0.29) is 17.5 Å². The van der Waals surface area contributed by atoms with Gasteiger partial charge in [0.2, 0.25) is 0 Å². The Labute approximate surface area is 97.2 Å². The normalized spacial score (nSPS) is 43.1. The Balaban J connectivity index is 2.40. The van der Waals surface area contributed by atoms with Crippen molar-refractivity contribution in [3.8, 4) is 0 Å². The van der Waals surface area contributed by atoms with Crippen LogP contribution in [0.2, 0.25) is 0 Å². The van der Waals surface area contributed by atoms with Crippen molar-refractivity contribution in [1.82, 2.24) is 0 Å². The minimum Gasteiger partial charge on any atom is -0.461 e. The van der Waals surface area contributed by atoms with Crippen LogP contribution in [0.3, 0.4) is 0 Å². The second-order valence-electron chi connectivity index (χ2n) is 5.89. The second kappa shape index (κ2) is 3.73. The second-order valence-corrected chi connectivity index (χ2v) is 5.89. The van der Waals surface area contributed by atoms with Crippen LogP contribution in [-0.2, 0) is 9.53 Å². The fraction of sp³-hybridized carbons (Fsp3) is 0.923. The molecule has 2 fully saturated rings. The van der Waals surface area contributed by atoms with Crippen molar-refractivity contribution in [3.63, 3.8) is 0 Å². The summed E-state index contributed by atoms with van der Waals surface area (Å²) in [6, 6.07) is 0. The minimum absolute atomic E-state index is 0.124. The van der Waals surface area contributed by atoms with Crippen molar-refractivity contribution in [2.75, 3.05) is 0 Å². The highest BCUT2D eigenvalue weighted by molar-refractivity contribution is 5.75. The topological polar surface area (TPSA) is 46.5 Å². The monoisotopic (exact) mass is 226 g/mol. The molecule has 0 aromatic rings. The van der Waals surface area contributed by atoms with E-state index < -0.39 is 11.5 Å². The molecule has 92 valence electrons. The van der Waals surface area contributed by atoms with Gasteiger partial charge < -0.3 is 9.84 Å². The Kier molecular flexibility index (Phi) is 2.77. The summed E-state index contributed by atoms with van der Waals surface area (Å²) in [6.07, 6.45) is 4.69. The lowest BCUT2D eigenvalue weighted by Crippen LogP contribution is -2.63. The zero-order valence-corrected chi connectivity index (χ0v) is 10.5. The third-order valence-electron chi connectivity index (χ3n) is 4.77. The molecule has 3 nitrogen and oxygen atoms in total. The van der Waals surface area contributed by atoms with Gasteiger partial charge in [-0.25, -0.2) is 0 Å². The van der Waals surface area contributed by atoms with Crippen LogP contribution in [0.1, 0.15) is 52.9 Å². The summed E-state index contributed by atoms with van der Waals surface area (Å²) in [7, 11) is 0. The molecule has 1 aliphatic heterocycles. The minimum atomic E-state index is -0.895. The van der Waals surface area contributed by atoms with Crippen molar-refractivity contribution in [2.45, 2.75) is 64.6 Å². The molecule has 0 spiro atoms. The summed E-state index contributed by atoms with van der Waals surface area (Å²) >= 11 is 0. The summed E-state index contributed by atoms with van der Waals surface area (Å²) in [5, 5.41) is 10.9.